The lowest BCUT2D eigenvalue weighted by Gasteiger charge is -2.41. The second-order valence-corrected chi connectivity index (χ2v) is 12.8. The van der Waals surface area contributed by atoms with Gasteiger partial charge in [0.1, 0.15) is 6.04 Å². The molecule has 3 amide bonds. The molecule has 4 unspecified atom stereocenters. The lowest BCUT2D eigenvalue weighted by molar-refractivity contribution is -0.147. The van der Waals surface area contributed by atoms with Crippen LogP contribution in [0.4, 0.5) is 0 Å². The molecule has 1 spiro atoms. The zero-order valence-corrected chi connectivity index (χ0v) is 23.8. The van der Waals surface area contributed by atoms with E-state index in [4.69, 9.17) is 0 Å². The highest BCUT2D eigenvalue weighted by molar-refractivity contribution is 9.09. The van der Waals surface area contributed by atoms with Gasteiger partial charge in [-0.15, -0.1) is 24.9 Å². The van der Waals surface area contributed by atoms with Crippen LogP contribution in [0.5, 0.6) is 0 Å². The van der Waals surface area contributed by atoms with Crippen LogP contribution in [-0.4, -0.2) is 97.2 Å². The lowest BCUT2D eigenvalue weighted by Crippen LogP contribution is -2.59. The van der Waals surface area contributed by atoms with E-state index in [0.29, 0.717) is 25.9 Å². The van der Waals surface area contributed by atoms with Crippen molar-refractivity contribution in [2.24, 2.45) is 11.8 Å². The topological polar surface area (TPSA) is 81.2 Å². The number of carbonyl (C=O) groups excluding carboxylic acids is 3. The van der Waals surface area contributed by atoms with Gasteiger partial charge in [0, 0.05) is 36.3 Å². The molecular weight excluding hydrogens is 530 g/mol. The van der Waals surface area contributed by atoms with E-state index in [1.807, 2.05) is 18.7 Å². The molecule has 8 atom stereocenters. The summed E-state index contributed by atoms with van der Waals surface area (Å²) in [6, 6.07) is -1.21. The number of hydrogen-bond donors (Lipinski definition) is 1. The molecule has 7 nitrogen and oxygen atoms in total. The van der Waals surface area contributed by atoms with Gasteiger partial charge in [-0.25, -0.2) is 0 Å². The van der Waals surface area contributed by atoms with Gasteiger partial charge in [0.15, 0.2) is 0 Å². The minimum Gasteiger partial charge on any atom is -0.394 e. The van der Waals surface area contributed by atoms with Gasteiger partial charge < -0.3 is 19.8 Å². The van der Waals surface area contributed by atoms with E-state index in [1.54, 1.807) is 40.8 Å². The first-order valence-corrected chi connectivity index (χ1v) is 14.5. The molecule has 0 aromatic carbocycles. The summed E-state index contributed by atoms with van der Waals surface area (Å²) in [6.45, 7) is 14.2. The number of amides is 3. The normalized spacial score (nSPS) is 32.8. The summed E-state index contributed by atoms with van der Waals surface area (Å²) in [6.07, 6.45) is 6.35. The molecule has 3 aliphatic rings. The van der Waals surface area contributed by atoms with Crippen molar-refractivity contribution in [1.82, 2.24) is 14.7 Å². The van der Waals surface area contributed by atoms with Crippen molar-refractivity contribution in [3.8, 4) is 0 Å². The molecule has 196 valence electrons. The standard InChI is InChI=1S/C26H40BrN3O4S/c1-7-11-16(5)29(13-9-3)25(34)22-26-14-18(27)21(35-26)19(23(32)28(6)12-8-2)20(26)24(33)30(22)17(10-4)15-31/h8-9,16-22,31H,2-3,7,10-15H2,1,4-6H3/t16?,17-,18?,19+,20-,21+,22?,26?/m0/s1. The summed E-state index contributed by atoms with van der Waals surface area (Å²) in [4.78, 5) is 47.2. The maximum atomic E-state index is 14.4. The number of hydrogen-bond acceptors (Lipinski definition) is 5. The highest BCUT2D eigenvalue weighted by Gasteiger charge is 2.76. The van der Waals surface area contributed by atoms with Crippen molar-refractivity contribution >= 4 is 45.4 Å². The van der Waals surface area contributed by atoms with Gasteiger partial charge >= 0.3 is 0 Å². The van der Waals surface area contributed by atoms with Gasteiger partial charge in [-0.2, -0.15) is 0 Å². The van der Waals surface area contributed by atoms with Crippen molar-refractivity contribution in [2.45, 2.75) is 79.4 Å². The van der Waals surface area contributed by atoms with E-state index in [2.05, 4.69) is 36.0 Å². The molecule has 3 aliphatic heterocycles. The average molecular weight is 571 g/mol. The molecule has 0 saturated carbocycles. The average Bonchev–Trinajstić information content (AvgIpc) is 3.41. The minimum absolute atomic E-state index is 0.00775. The number of thioether (sulfide) groups is 1. The monoisotopic (exact) mass is 569 g/mol. The van der Waals surface area contributed by atoms with E-state index in [-0.39, 0.29) is 40.4 Å². The third-order valence-corrected chi connectivity index (χ3v) is 11.2. The zero-order chi connectivity index (χ0) is 26.1. The molecule has 3 heterocycles. The Balaban J connectivity index is 2.12. The van der Waals surface area contributed by atoms with Gasteiger partial charge in [-0.1, -0.05) is 48.4 Å². The van der Waals surface area contributed by atoms with E-state index in [9.17, 15) is 19.5 Å². The Morgan fingerprint density at radius 3 is 2.49 bits per heavy atom. The Hall–Kier alpha value is -1.32. The summed E-state index contributed by atoms with van der Waals surface area (Å²) in [5, 5.41) is 10.1. The number of carbonyl (C=O) groups is 3. The number of alkyl halides is 1. The van der Waals surface area contributed by atoms with Gasteiger partial charge in [0.2, 0.25) is 17.7 Å². The fraction of sp³-hybridized carbons (Fsp3) is 0.731. The summed E-state index contributed by atoms with van der Waals surface area (Å²) < 4.78 is -0.712. The van der Waals surface area contributed by atoms with Crippen molar-refractivity contribution < 1.29 is 19.5 Å². The molecule has 3 rings (SSSR count). The predicted molar refractivity (Wildman–Crippen MR) is 144 cm³/mol. The zero-order valence-electron chi connectivity index (χ0n) is 21.4. The number of fused-ring (bicyclic) bond motifs is 1. The first-order valence-electron chi connectivity index (χ1n) is 12.7. The second kappa shape index (κ2) is 11.4. The number of likely N-dealkylation sites (N-methyl/N-ethyl adjacent to an activating group) is 1. The number of aliphatic hydroxyl groups is 1. The number of halogens is 1. The third kappa shape index (κ3) is 4.61. The van der Waals surface area contributed by atoms with Crippen LogP contribution in [0, 0.1) is 11.8 Å². The van der Waals surface area contributed by atoms with Crippen molar-refractivity contribution in [1.29, 1.82) is 0 Å². The molecule has 35 heavy (non-hydrogen) atoms. The van der Waals surface area contributed by atoms with Gasteiger partial charge in [0.05, 0.1) is 29.2 Å². The van der Waals surface area contributed by atoms with Crippen molar-refractivity contribution in [3.05, 3.63) is 25.3 Å². The summed E-state index contributed by atoms with van der Waals surface area (Å²) >= 11 is 5.44. The molecule has 0 aromatic rings. The van der Waals surface area contributed by atoms with Gasteiger partial charge in [-0.05, 0) is 26.2 Å². The minimum atomic E-state index is -0.728. The quantitative estimate of drug-likeness (QED) is 0.288. The highest BCUT2D eigenvalue weighted by Crippen LogP contribution is 2.68. The Morgan fingerprint density at radius 2 is 1.94 bits per heavy atom. The first-order chi connectivity index (χ1) is 16.6. The Kier molecular flexibility index (Phi) is 9.19. The Morgan fingerprint density at radius 1 is 1.29 bits per heavy atom. The molecule has 3 saturated heterocycles. The largest absolute Gasteiger partial charge is 0.394 e. The summed E-state index contributed by atoms with van der Waals surface area (Å²) in [5.41, 5.74) is 0. The van der Waals surface area contributed by atoms with Crippen LogP contribution >= 0.6 is 27.7 Å². The van der Waals surface area contributed by atoms with E-state index < -0.39 is 28.7 Å². The molecule has 0 aromatic heterocycles. The summed E-state index contributed by atoms with van der Waals surface area (Å²) in [7, 11) is 1.73. The maximum Gasteiger partial charge on any atom is 0.247 e. The maximum absolute atomic E-state index is 14.4. The van der Waals surface area contributed by atoms with Gasteiger partial charge in [-0.3, -0.25) is 14.4 Å². The highest BCUT2D eigenvalue weighted by atomic mass is 79.9. The molecule has 1 N–H and O–H groups in total. The number of rotatable bonds is 12. The Bertz CT molecular complexity index is 852. The van der Waals surface area contributed by atoms with Gasteiger partial charge in [0.25, 0.3) is 0 Å². The van der Waals surface area contributed by atoms with Crippen molar-refractivity contribution in [2.75, 3.05) is 26.7 Å². The van der Waals surface area contributed by atoms with Crippen LogP contribution in [0.2, 0.25) is 0 Å². The van der Waals surface area contributed by atoms with E-state index in [1.165, 1.54) is 0 Å². The summed E-state index contributed by atoms with van der Waals surface area (Å²) in [5.74, 6) is -1.47. The van der Waals surface area contributed by atoms with Crippen LogP contribution in [0.15, 0.2) is 25.3 Å². The third-order valence-electron chi connectivity index (χ3n) is 7.95. The molecule has 0 radical (unpaired) electrons. The predicted octanol–water partition coefficient (Wildman–Crippen LogP) is 3.07. The molecule has 2 bridgehead atoms. The first kappa shape index (κ1) is 28.3. The molecular formula is C26H40BrN3O4S. The van der Waals surface area contributed by atoms with Crippen LogP contribution in [0.3, 0.4) is 0 Å². The fourth-order valence-electron chi connectivity index (χ4n) is 6.33. The molecule has 9 heteroatoms. The number of likely N-dealkylation sites (tertiary alicyclic amines) is 1. The fourth-order valence-corrected chi connectivity index (χ4v) is 9.92. The molecule has 0 aliphatic carbocycles. The SMILES string of the molecule is C=CCN(C)C(=O)[C@H]1[C@@H]2SC3(CC2Br)C(C(=O)N(CC=C)C(C)CCC)N([C@@H](CC)CO)C(=O)[C@H]13. The number of nitrogens with zero attached hydrogens (tertiary/aromatic N) is 3. The van der Waals surface area contributed by atoms with Crippen LogP contribution < -0.4 is 0 Å². The lowest BCUT2D eigenvalue weighted by atomic mass is 9.70. The van der Waals surface area contributed by atoms with Crippen LogP contribution in [0.1, 0.15) is 46.5 Å². The molecule has 3 fully saturated rings. The van der Waals surface area contributed by atoms with Crippen LogP contribution in [-0.2, 0) is 14.4 Å². The van der Waals surface area contributed by atoms with Crippen molar-refractivity contribution in [3.63, 3.8) is 0 Å². The van der Waals surface area contributed by atoms with E-state index in [0.717, 1.165) is 12.8 Å². The van der Waals surface area contributed by atoms with Crippen LogP contribution in [0.25, 0.3) is 0 Å². The second-order valence-electron chi connectivity index (χ2n) is 10.1. The van der Waals surface area contributed by atoms with E-state index >= 15 is 0 Å². The smallest absolute Gasteiger partial charge is 0.247 e. The Labute approximate surface area is 222 Å². The number of aliphatic hydroxyl groups excluding tert-OH is 1.